The Morgan fingerprint density at radius 1 is 0.893 bits per heavy atom. The Bertz CT molecular complexity index is 819. The molecule has 1 heterocycles. The molecular formula is C24H29N3O. The van der Waals surface area contributed by atoms with Crippen molar-refractivity contribution in [2.75, 3.05) is 18.0 Å². The van der Waals surface area contributed by atoms with Crippen LogP contribution in [0.3, 0.4) is 0 Å². The molecule has 1 amide bonds. The van der Waals surface area contributed by atoms with E-state index in [9.17, 15) is 4.79 Å². The quantitative estimate of drug-likeness (QED) is 0.585. The third-order valence-corrected chi connectivity index (χ3v) is 4.81. The molecule has 0 aliphatic carbocycles. The van der Waals surface area contributed by atoms with Gasteiger partial charge in [0.1, 0.15) is 5.70 Å². The Morgan fingerprint density at radius 2 is 1.46 bits per heavy atom. The van der Waals surface area contributed by atoms with Gasteiger partial charge in [-0.05, 0) is 36.6 Å². The molecule has 2 aromatic carbocycles. The lowest BCUT2D eigenvalue weighted by molar-refractivity contribution is -0.113. The Labute approximate surface area is 168 Å². The number of rotatable bonds is 8. The Balaban J connectivity index is 2.00. The molecule has 0 bridgehead atoms. The summed E-state index contributed by atoms with van der Waals surface area (Å²) in [6, 6.07) is 19.7. The Kier molecular flexibility index (Phi) is 7.01. The highest BCUT2D eigenvalue weighted by Crippen LogP contribution is 2.26. The average molecular weight is 376 g/mol. The van der Waals surface area contributed by atoms with Crippen LogP contribution in [0.25, 0.3) is 6.08 Å². The molecule has 4 nitrogen and oxygen atoms in total. The van der Waals surface area contributed by atoms with Gasteiger partial charge in [-0.3, -0.25) is 4.79 Å². The number of nitrogens with zero attached hydrogens (tertiary/aromatic N) is 3. The summed E-state index contributed by atoms with van der Waals surface area (Å²) in [5.41, 5.74) is 2.33. The molecule has 0 fully saturated rings. The molecule has 3 rings (SSSR count). The van der Waals surface area contributed by atoms with E-state index in [1.54, 1.807) is 4.90 Å². The molecule has 0 N–H and O–H groups in total. The van der Waals surface area contributed by atoms with Crippen molar-refractivity contribution < 1.29 is 4.79 Å². The Morgan fingerprint density at radius 3 is 2.04 bits per heavy atom. The van der Waals surface area contributed by atoms with Gasteiger partial charge in [0.15, 0.2) is 0 Å². The van der Waals surface area contributed by atoms with Crippen molar-refractivity contribution in [1.82, 2.24) is 4.90 Å². The number of hydrogen-bond acceptors (Lipinski definition) is 3. The van der Waals surface area contributed by atoms with Gasteiger partial charge in [0, 0.05) is 13.1 Å². The van der Waals surface area contributed by atoms with E-state index in [1.165, 1.54) is 0 Å². The Hall–Kier alpha value is -2.88. The second-order valence-electron chi connectivity index (χ2n) is 7.02. The van der Waals surface area contributed by atoms with Gasteiger partial charge in [0.05, 0.1) is 5.69 Å². The minimum atomic E-state index is -0.0666. The monoisotopic (exact) mass is 375 g/mol. The zero-order valence-corrected chi connectivity index (χ0v) is 16.8. The van der Waals surface area contributed by atoms with Crippen LogP contribution in [-0.4, -0.2) is 29.9 Å². The number of carbonyl (C=O) groups is 1. The van der Waals surface area contributed by atoms with Crippen molar-refractivity contribution in [2.45, 2.75) is 39.5 Å². The summed E-state index contributed by atoms with van der Waals surface area (Å²) in [4.78, 5) is 22.1. The molecule has 0 radical (unpaired) electrons. The number of unbranched alkanes of at least 4 members (excludes halogenated alkanes) is 2. The first-order valence-electron chi connectivity index (χ1n) is 10.2. The predicted molar refractivity (Wildman–Crippen MR) is 117 cm³/mol. The molecule has 4 heteroatoms. The fraction of sp³-hybridized carbons (Fsp3) is 0.333. The van der Waals surface area contributed by atoms with Crippen LogP contribution in [0.4, 0.5) is 5.69 Å². The number of anilines is 1. The molecular weight excluding hydrogens is 346 g/mol. The van der Waals surface area contributed by atoms with Gasteiger partial charge in [0.2, 0.25) is 5.96 Å². The van der Waals surface area contributed by atoms with E-state index in [2.05, 4.69) is 18.7 Å². The summed E-state index contributed by atoms with van der Waals surface area (Å²) in [5.74, 6) is 0.684. The highest BCUT2D eigenvalue weighted by molar-refractivity contribution is 6.28. The second kappa shape index (κ2) is 9.88. The summed E-state index contributed by atoms with van der Waals surface area (Å²) in [6.07, 6.45) is 6.27. The summed E-state index contributed by atoms with van der Waals surface area (Å²) in [6.45, 7) is 6.19. The predicted octanol–water partition coefficient (Wildman–Crippen LogP) is 5.33. The number of aliphatic imine (C=N–C) groups is 1. The summed E-state index contributed by atoms with van der Waals surface area (Å²) in [5, 5.41) is 0. The number of guanidine groups is 1. The van der Waals surface area contributed by atoms with Crippen LogP contribution in [-0.2, 0) is 4.79 Å². The van der Waals surface area contributed by atoms with Crippen molar-refractivity contribution in [3.05, 3.63) is 71.9 Å². The lowest BCUT2D eigenvalue weighted by Gasteiger charge is -2.29. The van der Waals surface area contributed by atoms with Crippen LogP contribution in [0.5, 0.6) is 0 Å². The van der Waals surface area contributed by atoms with E-state index in [0.717, 1.165) is 56.0 Å². The van der Waals surface area contributed by atoms with Crippen LogP contribution in [0.1, 0.15) is 45.1 Å². The van der Waals surface area contributed by atoms with Crippen LogP contribution in [0.2, 0.25) is 0 Å². The first kappa shape index (κ1) is 19.9. The normalized spacial score (nSPS) is 15.2. The van der Waals surface area contributed by atoms with E-state index < -0.39 is 0 Å². The van der Waals surface area contributed by atoms with Gasteiger partial charge in [-0.1, -0.05) is 75.2 Å². The highest BCUT2D eigenvalue weighted by Gasteiger charge is 2.34. The first-order valence-corrected chi connectivity index (χ1v) is 10.2. The third kappa shape index (κ3) is 4.69. The summed E-state index contributed by atoms with van der Waals surface area (Å²) < 4.78 is 0. The maximum Gasteiger partial charge on any atom is 0.283 e. The number of carbonyl (C=O) groups excluding carboxylic acids is 1. The average Bonchev–Trinajstić information content (AvgIpc) is 3.05. The SMILES string of the molecule is CCCCN(CCCC)C1=NC(=Cc2ccccc2)C(=O)N1c1ccccc1. The molecule has 146 valence electrons. The molecule has 0 spiro atoms. The van der Waals surface area contributed by atoms with E-state index in [-0.39, 0.29) is 5.91 Å². The van der Waals surface area contributed by atoms with Crippen molar-refractivity contribution >= 4 is 23.6 Å². The van der Waals surface area contributed by atoms with Crippen LogP contribution in [0, 0.1) is 0 Å². The third-order valence-electron chi connectivity index (χ3n) is 4.81. The van der Waals surface area contributed by atoms with Gasteiger partial charge in [-0.25, -0.2) is 9.89 Å². The molecule has 0 atom stereocenters. The van der Waals surface area contributed by atoms with Crippen LogP contribution < -0.4 is 4.90 Å². The zero-order valence-electron chi connectivity index (χ0n) is 16.8. The smallest absolute Gasteiger partial charge is 0.283 e. The topological polar surface area (TPSA) is 35.9 Å². The molecule has 2 aromatic rings. The van der Waals surface area contributed by atoms with Crippen molar-refractivity contribution in [3.8, 4) is 0 Å². The molecule has 0 aromatic heterocycles. The van der Waals surface area contributed by atoms with E-state index in [4.69, 9.17) is 4.99 Å². The minimum absolute atomic E-state index is 0.0666. The molecule has 0 saturated heterocycles. The fourth-order valence-corrected chi connectivity index (χ4v) is 3.24. The highest BCUT2D eigenvalue weighted by atomic mass is 16.2. The maximum atomic E-state index is 13.3. The van der Waals surface area contributed by atoms with Crippen LogP contribution >= 0.6 is 0 Å². The maximum absolute atomic E-state index is 13.3. The zero-order chi connectivity index (χ0) is 19.8. The lowest BCUT2D eigenvalue weighted by Crippen LogP contribution is -2.45. The van der Waals surface area contributed by atoms with Gasteiger partial charge in [-0.15, -0.1) is 0 Å². The van der Waals surface area contributed by atoms with Gasteiger partial charge in [0.25, 0.3) is 5.91 Å². The molecule has 1 aliphatic heterocycles. The number of amides is 1. The lowest BCUT2D eigenvalue weighted by atomic mass is 10.2. The minimum Gasteiger partial charge on any atom is -0.342 e. The molecule has 1 aliphatic rings. The standard InChI is InChI=1S/C24H29N3O/c1-3-5-17-26(18-6-4-2)24-25-22(19-20-13-9-7-10-14-20)23(28)27(24)21-15-11-8-12-16-21/h7-16,19H,3-6,17-18H2,1-2H3. The van der Waals surface area contributed by atoms with E-state index >= 15 is 0 Å². The second-order valence-corrected chi connectivity index (χ2v) is 7.02. The van der Waals surface area contributed by atoms with Crippen molar-refractivity contribution in [3.63, 3.8) is 0 Å². The number of benzene rings is 2. The van der Waals surface area contributed by atoms with Gasteiger partial charge in [-0.2, -0.15) is 0 Å². The van der Waals surface area contributed by atoms with Crippen LogP contribution in [0.15, 0.2) is 71.4 Å². The number of para-hydroxylation sites is 1. The molecule has 0 unspecified atom stereocenters. The fourth-order valence-electron chi connectivity index (χ4n) is 3.24. The summed E-state index contributed by atoms with van der Waals surface area (Å²) in [7, 11) is 0. The van der Waals surface area contributed by atoms with E-state index in [0.29, 0.717) is 5.70 Å². The largest absolute Gasteiger partial charge is 0.342 e. The van der Waals surface area contributed by atoms with Gasteiger partial charge >= 0.3 is 0 Å². The van der Waals surface area contributed by atoms with Gasteiger partial charge < -0.3 is 4.90 Å². The first-order chi connectivity index (χ1) is 13.7. The van der Waals surface area contributed by atoms with Crippen molar-refractivity contribution in [1.29, 1.82) is 0 Å². The number of hydrogen-bond donors (Lipinski definition) is 0. The molecule has 28 heavy (non-hydrogen) atoms. The molecule has 0 saturated carbocycles. The van der Waals surface area contributed by atoms with Crippen molar-refractivity contribution in [2.24, 2.45) is 4.99 Å². The van der Waals surface area contributed by atoms with E-state index in [1.807, 2.05) is 66.7 Å². The summed E-state index contributed by atoms with van der Waals surface area (Å²) >= 11 is 0.